The number of hydrogen-bond donors (Lipinski definition) is 2. The summed E-state index contributed by atoms with van der Waals surface area (Å²) >= 11 is 0. The number of carbonyl (C=O) groups excluding carboxylic acids is 2. The second-order valence-corrected chi connectivity index (χ2v) is 9.78. The molecule has 2 heterocycles. The van der Waals surface area contributed by atoms with Crippen LogP contribution < -0.4 is 10.6 Å². The molecule has 2 amide bonds. The fourth-order valence-electron chi connectivity index (χ4n) is 5.38. The first-order chi connectivity index (χ1) is 13.5. The lowest BCUT2D eigenvalue weighted by Gasteiger charge is -2.37. The SMILES string of the molecule is CC(C)C(CC1CCCCC1)C(=O)N1CCCC(CNC(=O)C2CCCN2)C1. The molecule has 0 bridgehead atoms. The minimum atomic E-state index is -0.0119. The monoisotopic (exact) mass is 391 g/mol. The highest BCUT2D eigenvalue weighted by atomic mass is 16.2. The van der Waals surface area contributed by atoms with Gasteiger partial charge in [0.1, 0.15) is 0 Å². The Balaban J connectivity index is 1.49. The molecule has 0 radical (unpaired) electrons. The second kappa shape index (κ2) is 10.6. The third-order valence-corrected chi connectivity index (χ3v) is 7.21. The van der Waals surface area contributed by atoms with Crippen LogP contribution in [0.2, 0.25) is 0 Å². The minimum Gasteiger partial charge on any atom is -0.354 e. The number of nitrogens with one attached hydrogen (secondary N) is 2. The summed E-state index contributed by atoms with van der Waals surface area (Å²) < 4.78 is 0. The number of carbonyl (C=O) groups is 2. The lowest BCUT2D eigenvalue weighted by Crippen LogP contribution is -2.48. The van der Waals surface area contributed by atoms with Crippen LogP contribution in [-0.4, -0.2) is 48.9 Å². The number of rotatable bonds is 7. The molecule has 2 saturated heterocycles. The summed E-state index contributed by atoms with van der Waals surface area (Å²) in [6.45, 7) is 7.77. The van der Waals surface area contributed by atoms with Crippen LogP contribution in [-0.2, 0) is 9.59 Å². The van der Waals surface area contributed by atoms with E-state index in [0.29, 0.717) is 24.3 Å². The molecule has 28 heavy (non-hydrogen) atoms. The summed E-state index contributed by atoms with van der Waals surface area (Å²) in [5.41, 5.74) is 0. The lowest BCUT2D eigenvalue weighted by molar-refractivity contribution is -0.139. The lowest BCUT2D eigenvalue weighted by atomic mass is 9.78. The fourth-order valence-corrected chi connectivity index (χ4v) is 5.38. The van der Waals surface area contributed by atoms with Crippen molar-refractivity contribution in [3.63, 3.8) is 0 Å². The third-order valence-electron chi connectivity index (χ3n) is 7.21. The zero-order chi connectivity index (χ0) is 19.9. The van der Waals surface area contributed by atoms with Crippen LogP contribution >= 0.6 is 0 Å². The number of amides is 2. The molecule has 3 rings (SSSR count). The first kappa shape index (κ1) is 21.6. The van der Waals surface area contributed by atoms with E-state index in [2.05, 4.69) is 29.4 Å². The highest BCUT2D eigenvalue weighted by molar-refractivity contribution is 5.82. The van der Waals surface area contributed by atoms with E-state index in [1.807, 2.05) is 0 Å². The van der Waals surface area contributed by atoms with Gasteiger partial charge in [0, 0.05) is 25.6 Å². The van der Waals surface area contributed by atoms with Gasteiger partial charge in [0.05, 0.1) is 6.04 Å². The van der Waals surface area contributed by atoms with E-state index < -0.39 is 0 Å². The Labute approximate surface area is 171 Å². The van der Waals surface area contributed by atoms with Gasteiger partial charge in [-0.05, 0) is 56.4 Å². The molecule has 0 spiro atoms. The maximum absolute atomic E-state index is 13.3. The van der Waals surface area contributed by atoms with Crippen LogP contribution in [0.15, 0.2) is 0 Å². The Hall–Kier alpha value is -1.10. The molecule has 160 valence electrons. The van der Waals surface area contributed by atoms with Gasteiger partial charge in [-0.3, -0.25) is 9.59 Å². The molecular weight excluding hydrogens is 350 g/mol. The van der Waals surface area contributed by atoms with Crippen LogP contribution in [0.25, 0.3) is 0 Å². The molecule has 2 N–H and O–H groups in total. The Morgan fingerprint density at radius 3 is 2.43 bits per heavy atom. The molecule has 5 nitrogen and oxygen atoms in total. The third kappa shape index (κ3) is 5.95. The van der Waals surface area contributed by atoms with E-state index >= 15 is 0 Å². The molecule has 3 atom stereocenters. The Morgan fingerprint density at radius 2 is 1.75 bits per heavy atom. The second-order valence-electron chi connectivity index (χ2n) is 9.78. The Morgan fingerprint density at radius 1 is 1.00 bits per heavy atom. The Kier molecular flexibility index (Phi) is 8.19. The molecule has 3 unspecified atom stereocenters. The number of nitrogens with zero attached hydrogens (tertiary/aromatic N) is 1. The Bertz CT molecular complexity index is 510. The van der Waals surface area contributed by atoms with Crippen molar-refractivity contribution in [2.45, 2.75) is 84.1 Å². The molecule has 2 aliphatic heterocycles. The van der Waals surface area contributed by atoms with Gasteiger partial charge in [-0.15, -0.1) is 0 Å². The van der Waals surface area contributed by atoms with E-state index in [-0.39, 0.29) is 17.9 Å². The van der Waals surface area contributed by atoms with E-state index in [9.17, 15) is 9.59 Å². The molecule has 0 aromatic carbocycles. The van der Waals surface area contributed by atoms with Crippen LogP contribution in [0.5, 0.6) is 0 Å². The molecular formula is C23H41N3O2. The standard InChI is InChI=1S/C23H41N3O2/c1-17(2)20(14-18-8-4-3-5-9-18)23(28)26-13-7-10-19(16-26)15-25-22(27)21-11-6-12-24-21/h17-21,24H,3-16H2,1-2H3,(H,25,27). The van der Waals surface area contributed by atoms with Crippen molar-refractivity contribution in [1.29, 1.82) is 0 Å². The summed E-state index contributed by atoms with van der Waals surface area (Å²) in [7, 11) is 0. The maximum atomic E-state index is 13.3. The van der Waals surface area contributed by atoms with Crippen molar-refractivity contribution in [2.24, 2.45) is 23.7 Å². The average molecular weight is 392 g/mol. The van der Waals surface area contributed by atoms with E-state index in [1.165, 1.54) is 32.1 Å². The first-order valence-electron chi connectivity index (χ1n) is 11.8. The van der Waals surface area contributed by atoms with Crippen molar-refractivity contribution in [3.8, 4) is 0 Å². The van der Waals surface area contributed by atoms with E-state index in [1.54, 1.807) is 0 Å². The van der Waals surface area contributed by atoms with Crippen molar-refractivity contribution in [1.82, 2.24) is 15.5 Å². The zero-order valence-corrected chi connectivity index (χ0v) is 18.0. The number of likely N-dealkylation sites (tertiary alicyclic amines) is 1. The normalized spacial score (nSPS) is 27.8. The van der Waals surface area contributed by atoms with Crippen LogP contribution in [0.3, 0.4) is 0 Å². The predicted octanol–water partition coefficient (Wildman–Crippen LogP) is 3.34. The summed E-state index contributed by atoms with van der Waals surface area (Å²) in [6, 6.07) is -0.0119. The highest BCUT2D eigenvalue weighted by Crippen LogP contribution is 2.33. The summed E-state index contributed by atoms with van der Waals surface area (Å²) in [5.74, 6) is 2.21. The topological polar surface area (TPSA) is 61.4 Å². The summed E-state index contributed by atoms with van der Waals surface area (Å²) in [5, 5.41) is 6.39. The number of piperidine rings is 1. The molecule has 3 aliphatic rings. The molecule has 3 fully saturated rings. The zero-order valence-electron chi connectivity index (χ0n) is 18.0. The molecule has 0 aromatic heterocycles. The van der Waals surface area contributed by atoms with Crippen LogP contribution in [0, 0.1) is 23.7 Å². The van der Waals surface area contributed by atoms with Gasteiger partial charge in [-0.25, -0.2) is 0 Å². The van der Waals surface area contributed by atoms with Crippen molar-refractivity contribution in [2.75, 3.05) is 26.2 Å². The van der Waals surface area contributed by atoms with Crippen molar-refractivity contribution >= 4 is 11.8 Å². The molecule has 5 heteroatoms. The van der Waals surface area contributed by atoms with Gasteiger partial charge in [0.25, 0.3) is 0 Å². The van der Waals surface area contributed by atoms with Gasteiger partial charge in [-0.1, -0.05) is 46.0 Å². The molecule has 1 aliphatic carbocycles. The van der Waals surface area contributed by atoms with Gasteiger partial charge in [0.15, 0.2) is 0 Å². The maximum Gasteiger partial charge on any atom is 0.237 e. The van der Waals surface area contributed by atoms with Crippen LogP contribution in [0.4, 0.5) is 0 Å². The van der Waals surface area contributed by atoms with Gasteiger partial charge < -0.3 is 15.5 Å². The smallest absolute Gasteiger partial charge is 0.237 e. The van der Waals surface area contributed by atoms with Crippen molar-refractivity contribution < 1.29 is 9.59 Å². The number of hydrogen-bond acceptors (Lipinski definition) is 3. The van der Waals surface area contributed by atoms with Crippen molar-refractivity contribution in [3.05, 3.63) is 0 Å². The predicted molar refractivity (Wildman–Crippen MR) is 113 cm³/mol. The molecule has 1 saturated carbocycles. The summed E-state index contributed by atoms with van der Waals surface area (Å²) in [6.07, 6.45) is 11.9. The minimum absolute atomic E-state index is 0.0119. The molecule has 0 aromatic rings. The average Bonchev–Trinajstić information content (AvgIpc) is 3.25. The summed E-state index contributed by atoms with van der Waals surface area (Å²) in [4.78, 5) is 27.7. The first-order valence-corrected chi connectivity index (χ1v) is 11.8. The quantitative estimate of drug-likeness (QED) is 0.700. The largest absolute Gasteiger partial charge is 0.354 e. The van der Waals surface area contributed by atoms with E-state index in [0.717, 1.165) is 57.7 Å². The van der Waals surface area contributed by atoms with E-state index in [4.69, 9.17) is 0 Å². The van der Waals surface area contributed by atoms with Gasteiger partial charge in [0.2, 0.25) is 11.8 Å². The highest BCUT2D eigenvalue weighted by Gasteiger charge is 2.33. The van der Waals surface area contributed by atoms with Gasteiger partial charge in [-0.2, -0.15) is 0 Å². The fraction of sp³-hybridized carbons (Fsp3) is 0.913. The van der Waals surface area contributed by atoms with Gasteiger partial charge >= 0.3 is 0 Å². The van der Waals surface area contributed by atoms with Crippen LogP contribution in [0.1, 0.15) is 78.1 Å².